The smallest absolute Gasteiger partial charge is 0.151 e. The van der Waals surface area contributed by atoms with Crippen LogP contribution < -0.4 is 10.1 Å². The molecule has 0 radical (unpaired) electrons. The molecule has 1 aromatic heterocycles. The van der Waals surface area contributed by atoms with Gasteiger partial charge in [-0.3, -0.25) is 0 Å². The summed E-state index contributed by atoms with van der Waals surface area (Å²) in [5.74, 6) is 0.917. The Hall–Kier alpha value is -0.970. The lowest BCUT2D eigenvalue weighted by Crippen LogP contribution is -2.44. The summed E-state index contributed by atoms with van der Waals surface area (Å²) in [6, 6.07) is 10.2. The number of halogens is 2. The number of hydrogen-bond donors (Lipinski definition) is 1. The van der Waals surface area contributed by atoms with Crippen LogP contribution in [0.2, 0.25) is 5.02 Å². The molecule has 1 N–H and O–H groups in total. The largest absolute Gasteiger partial charge is 0.481 e. The highest BCUT2D eigenvalue weighted by Crippen LogP contribution is 2.43. The number of nitrogens with zero attached hydrogens (tertiary/aromatic N) is 1. The molecule has 1 spiro atoms. The summed E-state index contributed by atoms with van der Waals surface area (Å²) in [5.41, 5.74) is 2.04. The van der Waals surface area contributed by atoms with Gasteiger partial charge < -0.3 is 14.6 Å². The van der Waals surface area contributed by atoms with E-state index < -0.39 is 0 Å². The molecule has 2 aromatic rings. The maximum Gasteiger partial charge on any atom is 0.151 e. The second kappa shape index (κ2) is 5.04. The molecular formula is C16H16BrClN2O. The minimum atomic E-state index is -0.257. The molecule has 3 nitrogen and oxygen atoms in total. The third-order valence-electron chi connectivity index (χ3n) is 4.50. The number of nitrogens with one attached hydrogen (secondary N) is 1. The molecule has 0 amide bonds. The van der Waals surface area contributed by atoms with E-state index in [1.807, 2.05) is 18.2 Å². The molecule has 0 unspecified atom stereocenters. The van der Waals surface area contributed by atoms with Gasteiger partial charge in [-0.1, -0.05) is 17.7 Å². The summed E-state index contributed by atoms with van der Waals surface area (Å²) in [6.07, 6.45) is 1.94. The maximum absolute atomic E-state index is 6.54. The predicted octanol–water partition coefficient (Wildman–Crippen LogP) is 3.92. The Morgan fingerprint density at radius 2 is 2.00 bits per heavy atom. The van der Waals surface area contributed by atoms with E-state index in [0.29, 0.717) is 0 Å². The number of ether oxygens (including phenoxy) is 1. The zero-order valence-corrected chi connectivity index (χ0v) is 13.9. The fraction of sp³-hybridized carbons (Fsp3) is 0.375. The summed E-state index contributed by atoms with van der Waals surface area (Å²) in [7, 11) is 0. The van der Waals surface area contributed by atoms with Crippen molar-refractivity contribution in [2.45, 2.75) is 25.0 Å². The number of hydrogen-bond acceptors (Lipinski definition) is 2. The van der Waals surface area contributed by atoms with Crippen molar-refractivity contribution in [2.24, 2.45) is 0 Å². The van der Waals surface area contributed by atoms with Crippen LogP contribution in [-0.2, 0) is 12.1 Å². The molecule has 3 heterocycles. The van der Waals surface area contributed by atoms with Crippen molar-refractivity contribution in [1.82, 2.24) is 9.88 Å². The van der Waals surface area contributed by atoms with Crippen LogP contribution in [0.5, 0.6) is 5.75 Å². The molecule has 110 valence electrons. The summed E-state index contributed by atoms with van der Waals surface area (Å²) < 4.78 is 9.90. The lowest BCUT2D eigenvalue weighted by molar-refractivity contribution is 0.0292. The van der Waals surface area contributed by atoms with E-state index in [9.17, 15) is 0 Å². The number of benzene rings is 1. The fourth-order valence-corrected chi connectivity index (χ4v) is 4.07. The van der Waals surface area contributed by atoms with Crippen LogP contribution in [0.3, 0.4) is 0 Å². The molecule has 0 saturated carbocycles. The fourth-order valence-electron chi connectivity index (χ4n) is 3.40. The first-order chi connectivity index (χ1) is 10.2. The van der Waals surface area contributed by atoms with E-state index in [0.717, 1.165) is 53.4 Å². The Balaban J connectivity index is 1.93. The molecular weight excluding hydrogens is 352 g/mol. The highest BCUT2D eigenvalue weighted by atomic mass is 79.9. The lowest BCUT2D eigenvalue weighted by Gasteiger charge is -2.37. The third-order valence-corrected chi connectivity index (χ3v) is 5.55. The molecule has 1 fully saturated rings. The Labute approximate surface area is 137 Å². The molecule has 1 aromatic carbocycles. The van der Waals surface area contributed by atoms with Crippen molar-refractivity contribution in [3.63, 3.8) is 0 Å². The summed E-state index contributed by atoms with van der Waals surface area (Å²) in [5, 5.41) is 4.19. The van der Waals surface area contributed by atoms with Gasteiger partial charge >= 0.3 is 0 Å². The quantitative estimate of drug-likeness (QED) is 0.764. The van der Waals surface area contributed by atoms with E-state index >= 15 is 0 Å². The van der Waals surface area contributed by atoms with Crippen molar-refractivity contribution in [1.29, 1.82) is 0 Å². The predicted molar refractivity (Wildman–Crippen MR) is 87.1 cm³/mol. The van der Waals surface area contributed by atoms with Crippen molar-refractivity contribution >= 4 is 27.5 Å². The molecule has 21 heavy (non-hydrogen) atoms. The molecule has 2 aliphatic rings. The highest BCUT2D eigenvalue weighted by Gasteiger charge is 2.41. The first-order valence-corrected chi connectivity index (χ1v) is 8.39. The second-order valence-corrected chi connectivity index (χ2v) is 6.91. The summed E-state index contributed by atoms with van der Waals surface area (Å²) in [4.78, 5) is 0. The first-order valence-electron chi connectivity index (χ1n) is 7.22. The van der Waals surface area contributed by atoms with Gasteiger partial charge in [0.1, 0.15) is 5.75 Å². The van der Waals surface area contributed by atoms with Crippen molar-refractivity contribution in [3.05, 3.63) is 51.2 Å². The monoisotopic (exact) mass is 366 g/mol. The molecule has 0 bridgehead atoms. The Morgan fingerprint density at radius 3 is 2.81 bits per heavy atom. The van der Waals surface area contributed by atoms with Gasteiger partial charge in [0.05, 0.1) is 16.8 Å². The summed E-state index contributed by atoms with van der Waals surface area (Å²) in [6.45, 7) is 2.69. The molecule has 0 aliphatic carbocycles. The van der Waals surface area contributed by atoms with Gasteiger partial charge in [0.2, 0.25) is 0 Å². The Morgan fingerprint density at radius 1 is 1.19 bits per heavy atom. The average Bonchev–Trinajstić information content (AvgIpc) is 2.79. The topological polar surface area (TPSA) is 26.2 Å². The maximum atomic E-state index is 6.54. The number of aromatic nitrogens is 1. The van der Waals surface area contributed by atoms with Gasteiger partial charge in [0, 0.05) is 23.4 Å². The van der Waals surface area contributed by atoms with Crippen molar-refractivity contribution < 1.29 is 4.74 Å². The van der Waals surface area contributed by atoms with Gasteiger partial charge in [0.25, 0.3) is 0 Å². The minimum absolute atomic E-state index is 0.257. The second-order valence-electron chi connectivity index (χ2n) is 5.69. The standard InChI is InChI=1S/C16H16BrClN2O/c17-15-5-4-14-16(6-8-19-9-7-16)21-13-3-1-2-12(18)11(13)10-20(14)15/h1-5,19H,6-10H2. The van der Waals surface area contributed by atoms with Crippen LogP contribution in [0.4, 0.5) is 0 Å². The molecule has 1 saturated heterocycles. The molecule has 2 aliphatic heterocycles. The van der Waals surface area contributed by atoms with Crippen LogP contribution >= 0.6 is 27.5 Å². The number of rotatable bonds is 0. The minimum Gasteiger partial charge on any atom is -0.481 e. The Kier molecular flexibility index (Phi) is 3.28. The van der Waals surface area contributed by atoms with Gasteiger partial charge in [-0.2, -0.15) is 0 Å². The summed E-state index contributed by atoms with van der Waals surface area (Å²) >= 11 is 10.1. The average molecular weight is 368 g/mol. The van der Waals surface area contributed by atoms with Gasteiger partial charge in [0.15, 0.2) is 5.60 Å². The molecule has 0 atom stereocenters. The van der Waals surface area contributed by atoms with Gasteiger partial charge in [-0.05, 0) is 53.3 Å². The van der Waals surface area contributed by atoms with Gasteiger partial charge in [-0.25, -0.2) is 0 Å². The van der Waals surface area contributed by atoms with E-state index in [1.54, 1.807) is 0 Å². The number of piperidine rings is 1. The van der Waals surface area contributed by atoms with Crippen LogP contribution in [0.15, 0.2) is 34.9 Å². The van der Waals surface area contributed by atoms with Crippen molar-refractivity contribution in [2.75, 3.05) is 13.1 Å². The van der Waals surface area contributed by atoms with Gasteiger partial charge in [-0.15, -0.1) is 0 Å². The van der Waals surface area contributed by atoms with E-state index in [-0.39, 0.29) is 5.60 Å². The third kappa shape index (κ3) is 2.12. The first kappa shape index (κ1) is 13.7. The van der Waals surface area contributed by atoms with E-state index in [4.69, 9.17) is 16.3 Å². The van der Waals surface area contributed by atoms with E-state index in [1.165, 1.54) is 5.69 Å². The normalized spacial score (nSPS) is 19.5. The van der Waals surface area contributed by atoms with Crippen molar-refractivity contribution in [3.8, 4) is 5.75 Å². The van der Waals surface area contributed by atoms with E-state index in [2.05, 4.69) is 37.9 Å². The SMILES string of the molecule is Clc1cccc2c1Cn1c(Br)ccc1C1(CCNCC1)O2. The Bertz CT molecular complexity index is 692. The lowest BCUT2D eigenvalue weighted by atomic mass is 9.88. The number of fused-ring (bicyclic) bond motifs is 3. The van der Waals surface area contributed by atoms with Crippen LogP contribution in [0.1, 0.15) is 24.1 Å². The van der Waals surface area contributed by atoms with Crippen LogP contribution in [-0.4, -0.2) is 17.7 Å². The van der Waals surface area contributed by atoms with Crippen LogP contribution in [0.25, 0.3) is 0 Å². The zero-order chi connectivity index (χ0) is 14.4. The molecule has 4 rings (SSSR count). The molecule has 5 heteroatoms. The van der Waals surface area contributed by atoms with Crippen LogP contribution in [0, 0.1) is 0 Å². The highest BCUT2D eigenvalue weighted by molar-refractivity contribution is 9.10. The zero-order valence-electron chi connectivity index (χ0n) is 11.5.